The Kier molecular flexibility index (Phi) is 2.28. The van der Waals surface area contributed by atoms with Crippen LogP contribution >= 0.6 is 0 Å². The molecule has 1 N–H and O–H groups in total. The van der Waals surface area contributed by atoms with Crippen LogP contribution in [-0.4, -0.2) is 36.0 Å². The predicted molar refractivity (Wildman–Crippen MR) is 77.2 cm³/mol. The van der Waals surface area contributed by atoms with Gasteiger partial charge < -0.3 is 10.2 Å². The lowest BCUT2D eigenvalue weighted by Crippen LogP contribution is -2.62. The molecule has 1 amide bonds. The van der Waals surface area contributed by atoms with Crippen LogP contribution in [0.4, 0.5) is 0 Å². The molecule has 6 rings (SSSR count). The van der Waals surface area contributed by atoms with Crippen molar-refractivity contribution in [2.24, 2.45) is 23.2 Å². The average Bonchev–Trinajstić information content (AvgIpc) is 3.16. The fourth-order valence-electron chi connectivity index (χ4n) is 6.35. The standard InChI is InChI=1S/C17H26N2O/c20-15-9-18-10-16(1-2-16)11-19(15)17-6-12-3-13(7-17)5-14(4-12)8-17/h12-14,18H,1-11H2. The molecule has 1 aliphatic heterocycles. The van der Waals surface area contributed by atoms with Crippen LogP contribution in [0.3, 0.4) is 0 Å². The van der Waals surface area contributed by atoms with Crippen LogP contribution in [0.2, 0.25) is 0 Å². The zero-order chi connectivity index (χ0) is 13.4. The first kappa shape index (κ1) is 12.0. The molecule has 3 nitrogen and oxygen atoms in total. The van der Waals surface area contributed by atoms with Gasteiger partial charge in [0.2, 0.25) is 5.91 Å². The van der Waals surface area contributed by atoms with Crippen molar-refractivity contribution in [3.63, 3.8) is 0 Å². The van der Waals surface area contributed by atoms with E-state index in [1.54, 1.807) is 0 Å². The van der Waals surface area contributed by atoms with Gasteiger partial charge in [-0.15, -0.1) is 0 Å². The Morgan fingerprint density at radius 1 is 1.00 bits per heavy atom. The molecule has 0 aromatic carbocycles. The van der Waals surface area contributed by atoms with Gasteiger partial charge in [0.25, 0.3) is 0 Å². The molecule has 5 aliphatic carbocycles. The van der Waals surface area contributed by atoms with Crippen LogP contribution in [0.1, 0.15) is 51.4 Å². The van der Waals surface area contributed by atoms with Crippen LogP contribution < -0.4 is 5.32 Å². The van der Waals surface area contributed by atoms with E-state index in [4.69, 9.17) is 0 Å². The highest BCUT2D eigenvalue weighted by molar-refractivity contribution is 5.79. The van der Waals surface area contributed by atoms with Gasteiger partial charge >= 0.3 is 0 Å². The van der Waals surface area contributed by atoms with Crippen LogP contribution in [0, 0.1) is 23.2 Å². The maximum Gasteiger partial charge on any atom is 0.237 e. The highest BCUT2D eigenvalue weighted by atomic mass is 16.2. The summed E-state index contributed by atoms with van der Waals surface area (Å²) in [7, 11) is 0. The van der Waals surface area contributed by atoms with E-state index in [0.717, 1.165) is 30.8 Å². The lowest BCUT2D eigenvalue weighted by molar-refractivity contribution is -0.150. The molecule has 4 bridgehead atoms. The normalized spacial score (nSPS) is 48.7. The van der Waals surface area contributed by atoms with Crippen molar-refractivity contribution in [3.8, 4) is 0 Å². The molecule has 6 aliphatic rings. The highest BCUT2D eigenvalue weighted by Crippen LogP contribution is 2.59. The zero-order valence-corrected chi connectivity index (χ0v) is 12.4. The lowest BCUT2D eigenvalue weighted by Gasteiger charge is -2.60. The van der Waals surface area contributed by atoms with E-state index in [1.165, 1.54) is 51.4 Å². The van der Waals surface area contributed by atoms with Crippen molar-refractivity contribution >= 4 is 5.91 Å². The first-order valence-corrected chi connectivity index (χ1v) is 8.68. The number of carbonyl (C=O) groups excluding carboxylic acids is 1. The van der Waals surface area contributed by atoms with Gasteiger partial charge in [0.15, 0.2) is 0 Å². The molecule has 110 valence electrons. The number of carbonyl (C=O) groups is 1. The quantitative estimate of drug-likeness (QED) is 0.795. The first-order valence-electron chi connectivity index (χ1n) is 8.68. The van der Waals surface area contributed by atoms with E-state index >= 15 is 0 Å². The predicted octanol–water partition coefficient (Wildman–Crippen LogP) is 2.17. The summed E-state index contributed by atoms with van der Waals surface area (Å²) >= 11 is 0. The van der Waals surface area contributed by atoms with Gasteiger partial charge in [-0.2, -0.15) is 0 Å². The van der Waals surface area contributed by atoms with Crippen molar-refractivity contribution in [1.29, 1.82) is 0 Å². The summed E-state index contributed by atoms with van der Waals surface area (Å²) in [4.78, 5) is 15.1. The number of amides is 1. The summed E-state index contributed by atoms with van der Waals surface area (Å²) in [5, 5.41) is 3.42. The summed E-state index contributed by atoms with van der Waals surface area (Å²) in [5.41, 5.74) is 0.725. The number of rotatable bonds is 1. The van der Waals surface area contributed by atoms with Gasteiger partial charge in [-0.25, -0.2) is 0 Å². The Morgan fingerprint density at radius 3 is 2.15 bits per heavy atom. The van der Waals surface area contributed by atoms with E-state index in [-0.39, 0.29) is 5.54 Å². The molecule has 1 spiro atoms. The smallest absolute Gasteiger partial charge is 0.237 e. The Morgan fingerprint density at radius 2 is 1.60 bits per heavy atom. The third-order valence-electron chi connectivity index (χ3n) is 7.11. The summed E-state index contributed by atoms with van der Waals surface area (Å²) in [6.45, 7) is 2.72. The minimum atomic E-state index is 0.271. The average molecular weight is 274 g/mol. The van der Waals surface area contributed by atoms with Gasteiger partial charge in [-0.05, 0) is 69.1 Å². The molecular weight excluding hydrogens is 248 g/mol. The Labute approximate surface area is 121 Å². The maximum atomic E-state index is 12.7. The molecule has 0 aromatic heterocycles. The van der Waals surface area contributed by atoms with Crippen molar-refractivity contribution in [2.75, 3.05) is 19.6 Å². The van der Waals surface area contributed by atoms with E-state index in [0.29, 0.717) is 17.9 Å². The second-order valence-electron chi connectivity index (χ2n) is 8.73. The summed E-state index contributed by atoms with van der Waals surface area (Å²) in [6.07, 6.45) is 11.0. The van der Waals surface area contributed by atoms with Crippen LogP contribution in [-0.2, 0) is 4.79 Å². The summed E-state index contributed by atoms with van der Waals surface area (Å²) in [6, 6.07) is 0. The molecule has 0 radical (unpaired) electrons. The van der Waals surface area contributed by atoms with E-state index in [2.05, 4.69) is 10.2 Å². The molecule has 3 heteroatoms. The van der Waals surface area contributed by atoms with Crippen LogP contribution in [0.25, 0.3) is 0 Å². The third-order valence-corrected chi connectivity index (χ3v) is 7.11. The van der Waals surface area contributed by atoms with Gasteiger partial charge in [-0.1, -0.05) is 0 Å². The first-order chi connectivity index (χ1) is 9.66. The Bertz CT molecular complexity index is 419. The van der Waals surface area contributed by atoms with Crippen molar-refractivity contribution in [1.82, 2.24) is 10.2 Å². The molecular formula is C17H26N2O. The third kappa shape index (κ3) is 1.65. The number of nitrogens with zero attached hydrogens (tertiary/aromatic N) is 1. The number of hydrogen-bond acceptors (Lipinski definition) is 2. The van der Waals surface area contributed by atoms with Crippen molar-refractivity contribution in [3.05, 3.63) is 0 Å². The van der Waals surface area contributed by atoms with Gasteiger partial charge in [-0.3, -0.25) is 4.79 Å². The fourth-order valence-corrected chi connectivity index (χ4v) is 6.35. The molecule has 20 heavy (non-hydrogen) atoms. The van der Waals surface area contributed by atoms with Gasteiger partial charge in [0.05, 0.1) is 6.54 Å². The summed E-state index contributed by atoms with van der Waals surface area (Å²) in [5.74, 6) is 3.19. The second kappa shape index (κ2) is 3.79. The lowest BCUT2D eigenvalue weighted by atomic mass is 9.52. The monoisotopic (exact) mass is 274 g/mol. The van der Waals surface area contributed by atoms with Crippen molar-refractivity contribution in [2.45, 2.75) is 56.9 Å². The maximum absolute atomic E-state index is 12.7. The Balaban J connectivity index is 1.49. The molecule has 5 saturated carbocycles. The largest absolute Gasteiger partial charge is 0.335 e. The minimum Gasteiger partial charge on any atom is -0.335 e. The molecule has 1 saturated heterocycles. The highest BCUT2D eigenvalue weighted by Gasteiger charge is 2.57. The van der Waals surface area contributed by atoms with Crippen LogP contribution in [0.15, 0.2) is 0 Å². The summed E-state index contributed by atoms with van der Waals surface area (Å²) < 4.78 is 0. The van der Waals surface area contributed by atoms with Crippen molar-refractivity contribution < 1.29 is 4.79 Å². The van der Waals surface area contributed by atoms with Gasteiger partial charge in [0.1, 0.15) is 0 Å². The number of hydrogen-bond donors (Lipinski definition) is 1. The fraction of sp³-hybridized carbons (Fsp3) is 0.941. The van der Waals surface area contributed by atoms with E-state index < -0.39 is 0 Å². The van der Waals surface area contributed by atoms with E-state index in [9.17, 15) is 4.79 Å². The number of nitrogens with one attached hydrogen (secondary N) is 1. The molecule has 1 heterocycles. The Hall–Kier alpha value is -0.570. The van der Waals surface area contributed by atoms with Gasteiger partial charge in [0, 0.05) is 24.0 Å². The topological polar surface area (TPSA) is 32.3 Å². The zero-order valence-electron chi connectivity index (χ0n) is 12.4. The second-order valence-corrected chi connectivity index (χ2v) is 8.73. The molecule has 6 fully saturated rings. The van der Waals surface area contributed by atoms with Crippen LogP contribution in [0.5, 0.6) is 0 Å². The molecule has 0 unspecified atom stereocenters. The van der Waals surface area contributed by atoms with E-state index in [1.807, 2.05) is 0 Å². The minimum absolute atomic E-state index is 0.271. The molecule has 0 atom stereocenters. The molecule has 0 aromatic rings. The SMILES string of the molecule is O=C1CNCC2(CC2)CN1C12CC3CC(CC(C3)C1)C2.